The highest BCUT2D eigenvalue weighted by Crippen LogP contribution is 2.40. The molecule has 1 aromatic carbocycles. The second kappa shape index (κ2) is 8.52. The largest absolute Gasteiger partial charge is 0.353 e. The van der Waals surface area contributed by atoms with Gasteiger partial charge >= 0.3 is 0 Å². The van der Waals surface area contributed by atoms with Crippen molar-refractivity contribution in [3.05, 3.63) is 35.9 Å². The van der Waals surface area contributed by atoms with Gasteiger partial charge in [0.1, 0.15) is 0 Å². The quantitative estimate of drug-likeness (QED) is 0.636. The van der Waals surface area contributed by atoms with Crippen molar-refractivity contribution in [2.75, 3.05) is 46.3 Å². The third-order valence-electron chi connectivity index (χ3n) is 6.48. The third kappa shape index (κ3) is 4.17. The summed E-state index contributed by atoms with van der Waals surface area (Å²) in [5.74, 6) is 1.90. The van der Waals surface area contributed by atoms with E-state index in [0.29, 0.717) is 17.9 Å². The highest BCUT2D eigenvalue weighted by molar-refractivity contribution is 5.82. The number of piperazine rings is 1. The molecular formula is C22H33N5O. The topological polar surface area (TPSA) is 51.2 Å². The van der Waals surface area contributed by atoms with Gasteiger partial charge in [0.25, 0.3) is 0 Å². The SMILES string of the molecule is CN=C(NC1CC1c1ccccc1)N1CCN(C(C)C(=O)N2CCCC2)CC1. The molecule has 0 spiro atoms. The van der Waals surface area contributed by atoms with Gasteiger partial charge < -0.3 is 15.1 Å². The van der Waals surface area contributed by atoms with Crippen LogP contribution in [0, 0.1) is 0 Å². The molecule has 0 aromatic heterocycles. The Morgan fingerprint density at radius 2 is 1.71 bits per heavy atom. The zero-order chi connectivity index (χ0) is 19.5. The number of amides is 1. The molecule has 3 atom stereocenters. The van der Waals surface area contributed by atoms with Gasteiger partial charge in [-0.15, -0.1) is 0 Å². The number of nitrogens with one attached hydrogen (secondary N) is 1. The normalized spacial score (nSPS) is 27.0. The lowest BCUT2D eigenvalue weighted by Crippen LogP contribution is -2.57. The molecule has 2 aliphatic heterocycles. The summed E-state index contributed by atoms with van der Waals surface area (Å²) in [6.45, 7) is 7.59. The van der Waals surface area contributed by atoms with Gasteiger partial charge in [0.15, 0.2) is 5.96 Å². The van der Waals surface area contributed by atoms with Crippen LogP contribution >= 0.6 is 0 Å². The van der Waals surface area contributed by atoms with Crippen LogP contribution in [0.5, 0.6) is 0 Å². The third-order valence-corrected chi connectivity index (χ3v) is 6.48. The average Bonchev–Trinajstić information content (AvgIpc) is 3.30. The summed E-state index contributed by atoms with van der Waals surface area (Å²) < 4.78 is 0. The standard InChI is InChI=1S/C22H33N5O/c1-17(21(28)26-10-6-7-11-26)25-12-14-27(15-13-25)22(23-2)24-20-16-19(20)18-8-4-3-5-9-18/h3-5,8-9,17,19-20H,6-7,10-16H2,1-2H3,(H,23,24). The molecule has 28 heavy (non-hydrogen) atoms. The fraction of sp³-hybridized carbons (Fsp3) is 0.636. The van der Waals surface area contributed by atoms with Gasteiger partial charge in [-0.3, -0.25) is 14.7 Å². The van der Waals surface area contributed by atoms with E-state index in [9.17, 15) is 4.79 Å². The average molecular weight is 384 g/mol. The Morgan fingerprint density at radius 3 is 2.36 bits per heavy atom. The molecular weight excluding hydrogens is 350 g/mol. The lowest BCUT2D eigenvalue weighted by molar-refractivity contribution is -0.135. The van der Waals surface area contributed by atoms with E-state index in [1.54, 1.807) is 0 Å². The first-order valence-corrected chi connectivity index (χ1v) is 10.7. The predicted octanol–water partition coefficient (Wildman–Crippen LogP) is 1.75. The Hall–Kier alpha value is -2.08. The predicted molar refractivity (Wildman–Crippen MR) is 113 cm³/mol. The number of hydrogen-bond acceptors (Lipinski definition) is 3. The van der Waals surface area contributed by atoms with E-state index in [4.69, 9.17) is 0 Å². The van der Waals surface area contributed by atoms with Gasteiger partial charge in [0.05, 0.1) is 6.04 Å². The Morgan fingerprint density at radius 1 is 1.04 bits per heavy atom. The minimum atomic E-state index is -0.0129. The van der Waals surface area contributed by atoms with E-state index in [0.717, 1.165) is 58.1 Å². The summed E-state index contributed by atoms with van der Waals surface area (Å²) >= 11 is 0. The number of carbonyl (C=O) groups is 1. The van der Waals surface area contributed by atoms with Crippen LogP contribution in [-0.4, -0.2) is 85.0 Å². The molecule has 6 heteroatoms. The molecule has 2 saturated heterocycles. The van der Waals surface area contributed by atoms with Crippen LogP contribution < -0.4 is 5.32 Å². The zero-order valence-corrected chi connectivity index (χ0v) is 17.2. The molecule has 1 aliphatic carbocycles. The smallest absolute Gasteiger partial charge is 0.239 e. The molecule has 4 rings (SSSR count). The van der Waals surface area contributed by atoms with E-state index in [2.05, 4.69) is 57.4 Å². The maximum Gasteiger partial charge on any atom is 0.239 e. The van der Waals surface area contributed by atoms with Gasteiger partial charge in [0.2, 0.25) is 5.91 Å². The minimum absolute atomic E-state index is 0.0129. The van der Waals surface area contributed by atoms with Crippen molar-refractivity contribution < 1.29 is 4.79 Å². The van der Waals surface area contributed by atoms with Crippen LogP contribution in [0.15, 0.2) is 35.3 Å². The number of aliphatic imine (C=N–C) groups is 1. The number of carbonyl (C=O) groups excluding carboxylic acids is 1. The summed E-state index contributed by atoms with van der Waals surface area (Å²) in [5.41, 5.74) is 1.41. The maximum atomic E-state index is 12.7. The Labute approximate surface area is 168 Å². The van der Waals surface area contributed by atoms with Crippen molar-refractivity contribution in [2.45, 2.75) is 44.2 Å². The van der Waals surface area contributed by atoms with Crippen LogP contribution in [0.3, 0.4) is 0 Å². The lowest BCUT2D eigenvalue weighted by atomic mass is 10.1. The van der Waals surface area contributed by atoms with Crippen molar-refractivity contribution in [1.82, 2.24) is 20.0 Å². The second-order valence-electron chi connectivity index (χ2n) is 8.28. The molecule has 0 radical (unpaired) electrons. The molecule has 6 nitrogen and oxygen atoms in total. The number of likely N-dealkylation sites (tertiary alicyclic amines) is 1. The van der Waals surface area contributed by atoms with Gasteiger partial charge in [-0.05, 0) is 31.7 Å². The van der Waals surface area contributed by atoms with E-state index < -0.39 is 0 Å². The molecule has 3 unspecified atom stereocenters. The van der Waals surface area contributed by atoms with Gasteiger partial charge in [-0.1, -0.05) is 30.3 Å². The molecule has 1 saturated carbocycles. The van der Waals surface area contributed by atoms with Gasteiger partial charge in [-0.2, -0.15) is 0 Å². The lowest BCUT2D eigenvalue weighted by Gasteiger charge is -2.39. The summed E-state index contributed by atoms with van der Waals surface area (Å²) in [6.07, 6.45) is 3.48. The van der Waals surface area contributed by atoms with Crippen LogP contribution in [0.2, 0.25) is 0 Å². The monoisotopic (exact) mass is 383 g/mol. The first-order valence-electron chi connectivity index (χ1n) is 10.7. The van der Waals surface area contributed by atoms with Gasteiger partial charge in [0, 0.05) is 58.3 Å². The van der Waals surface area contributed by atoms with Crippen LogP contribution in [0.4, 0.5) is 0 Å². The number of rotatable bonds is 4. The molecule has 1 amide bonds. The van der Waals surface area contributed by atoms with Crippen LogP contribution in [-0.2, 0) is 4.79 Å². The van der Waals surface area contributed by atoms with Crippen LogP contribution in [0.25, 0.3) is 0 Å². The number of nitrogens with zero attached hydrogens (tertiary/aromatic N) is 4. The van der Waals surface area contributed by atoms with Crippen molar-refractivity contribution >= 4 is 11.9 Å². The second-order valence-corrected chi connectivity index (χ2v) is 8.28. The molecule has 3 fully saturated rings. The molecule has 152 valence electrons. The van der Waals surface area contributed by atoms with E-state index >= 15 is 0 Å². The molecule has 1 aromatic rings. The van der Waals surface area contributed by atoms with Crippen molar-refractivity contribution in [2.24, 2.45) is 4.99 Å². The van der Waals surface area contributed by atoms with Crippen molar-refractivity contribution in [3.63, 3.8) is 0 Å². The molecule has 2 heterocycles. The fourth-order valence-corrected chi connectivity index (χ4v) is 4.57. The van der Waals surface area contributed by atoms with E-state index in [-0.39, 0.29) is 6.04 Å². The van der Waals surface area contributed by atoms with E-state index in [1.165, 1.54) is 12.0 Å². The number of hydrogen-bond donors (Lipinski definition) is 1. The summed E-state index contributed by atoms with van der Waals surface area (Å²) in [4.78, 5) is 23.9. The number of benzene rings is 1. The molecule has 3 aliphatic rings. The summed E-state index contributed by atoms with van der Waals surface area (Å²) in [7, 11) is 1.87. The minimum Gasteiger partial charge on any atom is -0.353 e. The molecule has 0 bridgehead atoms. The highest BCUT2D eigenvalue weighted by atomic mass is 16.2. The zero-order valence-electron chi connectivity index (χ0n) is 17.2. The highest BCUT2D eigenvalue weighted by Gasteiger charge is 2.40. The Balaban J connectivity index is 1.26. The van der Waals surface area contributed by atoms with Gasteiger partial charge in [-0.25, -0.2) is 0 Å². The summed E-state index contributed by atoms with van der Waals surface area (Å²) in [5, 5.41) is 3.65. The Kier molecular flexibility index (Phi) is 5.85. The fourth-order valence-electron chi connectivity index (χ4n) is 4.57. The first kappa shape index (κ1) is 19.2. The number of guanidine groups is 1. The van der Waals surface area contributed by atoms with E-state index in [1.807, 2.05) is 11.9 Å². The first-order chi connectivity index (χ1) is 13.7. The van der Waals surface area contributed by atoms with Crippen molar-refractivity contribution in [3.8, 4) is 0 Å². The Bertz CT molecular complexity index is 692. The summed E-state index contributed by atoms with van der Waals surface area (Å²) in [6, 6.07) is 11.2. The maximum absolute atomic E-state index is 12.7. The van der Waals surface area contributed by atoms with Crippen LogP contribution in [0.1, 0.15) is 37.7 Å². The van der Waals surface area contributed by atoms with Crippen molar-refractivity contribution in [1.29, 1.82) is 0 Å². The molecule has 1 N–H and O–H groups in total.